The van der Waals surface area contributed by atoms with Crippen LogP contribution in [-0.2, 0) is 11.3 Å². The molecule has 2 rings (SSSR count). The first-order chi connectivity index (χ1) is 9.68. The predicted octanol–water partition coefficient (Wildman–Crippen LogP) is 1.84. The van der Waals surface area contributed by atoms with Gasteiger partial charge in [-0.3, -0.25) is 0 Å². The van der Waals surface area contributed by atoms with Crippen molar-refractivity contribution in [2.24, 2.45) is 0 Å². The van der Waals surface area contributed by atoms with Crippen LogP contribution < -0.4 is 10.6 Å². The third-order valence-corrected chi connectivity index (χ3v) is 3.54. The molecule has 118 valence electrons. The molecule has 0 radical (unpaired) electrons. The van der Waals surface area contributed by atoms with Crippen LogP contribution in [0.1, 0.15) is 24.8 Å². The minimum absolute atomic E-state index is 0. The van der Waals surface area contributed by atoms with Gasteiger partial charge in [0.2, 0.25) is 0 Å². The number of carbonyl (C=O) groups is 1. The Morgan fingerprint density at radius 2 is 2.05 bits per heavy atom. The molecule has 5 nitrogen and oxygen atoms in total. The molecule has 1 amide bonds. The van der Waals surface area contributed by atoms with Gasteiger partial charge in [0.25, 0.3) is 0 Å². The van der Waals surface area contributed by atoms with Gasteiger partial charge in [0.05, 0.1) is 5.60 Å². The molecule has 1 heterocycles. The topological polar surface area (TPSA) is 70.6 Å². The molecule has 21 heavy (non-hydrogen) atoms. The summed E-state index contributed by atoms with van der Waals surface area (Å²) in [6, 6.07) is 9.52. The molecule has 0 bridgehead atoms. The van der Waals surface area contributed by atoms with Crippen LogP contribution in [0.25, 0.3) is 0 Å². The second kappa shape index (κ2) is 8.87. The fraction of sp³-hybridized carbons (Fsp3) is 0.533. The molecule has 3 N–H and O–H groups in total. The molecule has 0 spiro atoms. The molecule has 1 aromatic carbocycles. The molecule has 1 saturated heterocycles. The Bertz CT molecular complexity index is 420. The van der Waals surface area contributed by atoms with Crippen molar-refractivity contribution in [1.82, 2.24) is 10.6 Å². The molecule has 1 aliphatic heterocycles. The SMILES string of the molecule is Cl.O=C(NCC1(O)CCCNCC1)OCc1ccccc1. The lowest BCUT2D eigenvalue weighted by molar-refractivity contribution is 0.0266. The quantitative estimate of drug-likeness (QED) is 0.793. The Morgan fingerprint density at radius 3 is 2.81 bits per heavy atom. The van der Waals surface area contributed by atoms with E-state index in [1.807, 2.05) is 30.3 Å². The van der Waals surface area contributed by atoms with E-state index in [9.17, 15) is 9.90 Å². The van der Waals surface area contributed by atoms with Crippen molar-refractivity contribution in [2.75, 3.05) is 19.6 Å². The van der Waals surface area contributed by atoms with Crippen LogP contribution in [0.4, 0.5) is 4.79 Å². The average Bonchev–Trinajstić information content (AvgIpc) is 2.69. The number of aliphatic hydroxyl groups is 1. The lowest BCUT2D eigenvalue weighted by Crippen LogP contribution is -2.43. The molecule has 0 aliphatic carbocycles. The van der Waals surface area contributed by atoms with Crippen molar-refractivity contribution in [3.05, 3.63) is 35.9 Å². The Balaban J connectivity index is 0.00000220. The highest BCUT2D eigenvalue weighted by Crippen LogP contribution is 2.18. The van der Waals surface area contributed by atoms with Crippen LogP contribution in [0.2, 0.25) is 0 Å². The summed E-state index contributed by atoms with van der Waals surface area (Å²) in [6.45, 7) is 2.17. The number of alkyl carbamates (subject to hydrolysis) is 1. The van der Waals surface area contributed by atoms with Crippen molar-refractivity contribution in [1.29, 1.82) is 0 Å². The minimum atomic E-state index is -0.824. The van der Waals surface area contributed by atoms with Gasteiger partial charge < -0.3 is 20.5 Å². The maximum atomic E-state index is 11.6. The standard InChI is InChI=1S/C15H22N2O3.ClH/c18-14(20-11-13-5-2-1-3-6-13)17-12-15(19)7-4-9-16-10-8-15;/h1-3,5-6,16,19H,4,7-12H2,(H,17,18);1H. The number of carbonyl (C=O) groups excluding carboxylic acids is 1. The van der Waals surface area contributed by atoms with E-state index in [4.69, 9.17) is 4.74 Å². The van der Waals surface area contributed by atoms with Gasteiger partial charge in [-0.2, -0.15) is 0 Å². The molecular formula is C15H23ClN2O3. The second-order valence-electron chi connectivity index (χ2n) is 5.24. The summed E-state index contributed by atoms with van der Waals surface area (Å²) in [6.07, 6.45) is 1.77. The van der Waals surface area contributed by atoms with Gasteiger partial charge in [0.1, 0.15) is 6.61 Å². The summed E-state index contributed by atoms with van der Waals surface area (Å²) in [4.78, 5) is 11.6. The van der Waals surface area contributed by atoms with E-state index < -0.39 is 11.7 Å². The van der Waals surface area contributed by atoms with Crippen molar-refractivity contribution >= 4 is 18.5 Å². The van der Waals surface area contributed by atoms with E-state index in [2.05, 4.69) is 10.6 Å². The van der Waals surface area contributed by atoms with Crippen molar-refractivity contribution in [2.45, 2.75) is 31.5 Å². The Hall–Kier alpha value is -1.30. The van der Waals surface area contributed by atoms with Crippen LogP contribution in [0, 0.1) is 0 Å². The van der Waals surface area contributed by atoms with E-state index in [1.54, 1.807) is 0 Å². The molecule has 0 aromatic heterocycles. The number of benzene rings is 1. The van der Waals surface area contributed by atoms with Gasteiger partial charge >= 0.3 is 6.09 Å². The van der Waals surface area contributed by atoms with Crippen molar-refractivity contribution in [3.8, 4) is 0 Å². The highest BCUT2D eigenvalue weighted by atomic mass is 35.5. The molecule has 1 aliphatic rings. The molecular weight excluding hydrogens is 292 g/mol. The van der Waals surface area contributed by atoms with Gasteiger partial charge in [-0.25, -0.2) is 4.79 Å². The molecule has 1 unspecified atom stereocenters. The Labute approximate surface area is 131 Å². The first kappa shape index (κ1) is 17.8. The highest BCUT2D eigenvalue weighted by Gasteiger charge is 2.28. The maximum absolute atomic E-state index is 11.6. The van der Waals surface area contributed by atoms with Gasteiger partial charge in [-0.1, -0.05) is 30.3 Å². The highest BCUT2D eigenvalue weighted by molar-refractivity contribution is 5.85. The zero-order valence-corrected chi connectivity index (χ0v) is 12.8. The van der Waals surface area contributed by atoms with Gasteiger partial charge in [0.15, 0.2) is 0 Å². The van der Waals surface area contributed by atoms with Crippen LogP contribution in [0.15, 0.2) is 30.3 Å². The maximum Gasteiger partial charge on any atom is 0.407 e. The van der Waals surface area contributed by atoms with E-state index >= 15 is 0 Å². The minimum Gasteiger partial charge on any atom is -0.445 e. The fourth-order valence-corrected chi connectivity index (χ4v) is 2.30. The van der Waals surface area contributed by atoms with E-state index in [0.29, 0.717) is 12.8 Å². The number of amides is 1. The van der Waals surface area contributed by atoms with Crippen LogP contribution in [-0.4, -0.2) is 36.4 Å². The lowest BCUT2D eigenvalue weighted by Gasteiger charge is -2.26. The van der Waals surface area contributed by atoms with Crippen LogP contribution in [0.5, 0.6) is 0 Å². The first-order valence-corrected chi connectivity index (χ1v) is 7.06. The van der Waals surface area contributed by atoms with Gasteiger partial charge in [-0.15, -0.1) is 12.4 Å². The second-order valence-corrected chi connectivity index (χ2v) is 5.24. The third kappa shape index (κ3) is 6.33. The first-order valence-electron chi connectivity index (χ1n) is 7.06. The summed E-state index contributed by atoms with van der Waals surface area (Å²) in [5.74, 6) is 0. The van der Waals surface area contributed by atoms with E-state index in [0.717, 1.165) is 25.1 Å². The summed E-state index contributed by atoms with van der Waals surface area (Å²) in [5.41, 5.74) is 0.120. The smallest absolute Gasteiger partial charge is 0.407 e. The molecule has 1 fully saturated rings. The third-order valence-electron chi connectivity index (χ3n) is 3.54. The number of ether oxygens (including phenoxy) is 1. The summed E-state index contributed by atoms with van der Waals surface area (Å²) < 4.78 is 5.12. The molecule has 6 heteroatoms. The van der Waals surface area contributed by atoms with Crippen molar-refractivity contribution in [3.63, 3.8) is 0 Å². The molecule has 1 aromatic rings. The summed E-state index contributed by atoms with van der Waals surface area (Å²) in [7, 11) is 0. The molecule has 1 atom stereocenters. The number of halogens is 1. The molecule has 0 saturated carbocycles. The monoisotopic (exact) mass is 314 g/mol. The summed E-state index contributed by atoms with van der Waals surface area (Å²) >= 11 is 0. The summed E-state index contributed by atoms with van der Waals surface area (Å²) in [5, 5.41) is 16.3. The zero-order chi connectivity index (χ0) is 14.3. The predicted molar refractivity (Wildman–Crippen MR) is 83.5 cm³/mol. The van der Waals surface area contributed by atoms with Gasteiger partial charge in [-0.05, 0) is 37.9 Å². The largest absolute Gasteiger partial charge is 0.445 e. The van der Waals surface area contributed by atoms with Crippen molar-refractivity contribution < 1.29 is 14.6 Å². The Morgan fingerprint density at radius 1 is 1.29 bits per heavy atom. The number of rotatable bonds is 4. The van der Waals surface area contributed by atoms with Crippen LogP contribution in [0.3, 0.4) is 0 Å². The number of hydrogen-bond acceptors (Lipinski definition) is 4. The zero-order valence-electron chi connectivity index (χ0n) is 12.0. The Kier molecular flexibility index (Phi) is 7.50. The van der Waals surface area contributed by atoms with E-state index in [-0.39, 0.29) is 25.6 Å². The average molecular weight is 315 g/mol. The normalized spacial score (nSPS) is 21.8. The fourth-order valence-electron chi connectivity index (χ4n) is 2.30. The number of hydrogen-bond donors (Lipinski definition) is 3. The van der Waals surface area contributed by atoms with Gasteiger partial charge in [0, 0.05) is 6.54 Å². The lowest BCUT2D eigenvalue weighted by atomic mass is 9.95. The van der Waals surface area contributed by atoms with Crippen LogP contribution >= 0.6 is 12.4 Å². The van der Waals surface area contributed by atoms with E-state index in [1.165, 1.54) is 0 Å². The number of nitrogens with one attached hydrogen (secondary N) is 2.